The van der Waals surface area contributed by atoms with Gasteiger partial charge in [0.25, 0.3) is 0 Å². The van der Waals surface area contributed by atoms with Gasteiger partial charge in [0.1, 0.15) is 0 Å². The minimum atomic E-state index is 0.713. The van der Waals surface area contributed by atoms with Crippen LogP contribution in [0.5, 0.6) is 0 Å². The summed E-state index contributed by atoms with van der Waals surface area (Å²) in [7, 11) is 0. The lowest BCUT2D eigenvalue weighted by Crippen LogP contribution is -1.99. The number of hydrogen-bond acceptors (Lipinski definition) is 1. The molecule has 0 amide bonds. The summed E-state index contributed by atoms with van der Waals surface area (Å²) < 4.78 is 0. The fourth-order valence-electron chi connectivity index (χ4n) is 2.04. The summed E-state index contributed by atoms with van der Waals surface area (Å²) in [5.74, 6) is 0.713. The molecular formula is C12H17N. The second-order valence-corrected chi connectivity index (χ2v) is 4.06. The molecule has 0 aromatic heterocycles. The molecule has 0 radical (unpaired) electrons. The second-order valence-electron chi connectivity index (χ2n) is 4.06. The standard InChI is InChI=1S/C12H17N/c1-9-5-6-12-11(8-9)10(2)4-3-7-13-12/h5-6,8,10,13H,3-4,7H2,1-2H3. The SMILES string of the molecule is Cc1ccc2c(c1)C(C)CCCN2. The molecule has 1 unspecified atom stereocenters. The Kier molecular flexibility index (Phi) is 2.26. The predicted octanol–water partition coefficient (Wildman–Crippen LogP) is 3.30. The molecule has 1 aliphatic heterocycles. The topological polar surface area (TPSA) is 12.0 Å². The second kappa shape index (κ2) is 3.41. The minimum absolute atomic E-state index is 0.713. The van der Waals surface area contributed by atoms with Gasteiger partial charge in [-0.05, 0) is 37.3 Å². The van der Waals surface area contributed by atoms with E-state index in [-0.39, 0.29) is 0 Å². The molecule has 1 aliphatic rings. The number of fused-ring (bicyclic) bond motifs is 1. The maximum absolute atomic E-state index is 3.48. The molecule has 1 atom stereocenters. The third-order valence-electron chi connectivity index (χ3n) is 2.87. The molecule has 1 heterocycles. The first kappa shape index (κ1) is 8.61. The highest BCUT2D eigenvalue weighted by molar-refractivity contribution is 5.54. The van der Waals surface area contributed by atoms with Crippen LogP contribution in [-0.4, -0.2) is 6.54 Å². The van der Waals surface area contributed by atoms with Crippen molar-refractivity contribution in [3.63, 3.8) is 0 Å². The molecule has 0 bridgehead atoms. The first-order valence-electron chi connectivity index (χ1n) is 5.12. The van der Waals surface area contributed by atoms with Gasteiger partial charge in [-0.3, -0.25) is 0 Å². The Morgan fingerprint density at radius 1 is 1.38 bits per heavy atom. The maximum Gasteiger partial charge on any atom is 0.0375 e. The summed E-state index contributed by atoms with van der Waals surface area (Å²) in [5, 5.41) is 3.48. The van der Waals surface area contributed by atoms with E-state index in [9.17, 15) is 0 Å². The van der Waals surface area contributed by atoms with Gasteiger partial charge < -0.3 is 5.32 Å². The Hall–Kier alpha value is -0.980. The lowest BCUT2D eigenvalue weighted by molar-refractivity contribution is 0.667. The van der Waals surface area contributed by atoms with Gasteiger partial charge in [-0.15, -0.1) is 0 Å². The molecule has 70 valence electrons. The van der Waals surface area contributed by atoms with Gasteiger partial charge in [0.15, 0.2) is 0 Å². The fourth-order valence-corrected chi connectivity index (χ4v) is 2.04. The summed E-state index contributed by atoms with van der Waals surface area (Å²) >= 11 is 0. The summed E-state index contributed by atoms with van der Waals surface area (Å²) in [6.07, 6.45) is 2.60. The van der Waals surface area contributed by atoms with E-state index in [1.807, 2.05) is 0 Å². The Morgan fingerprint density at radius 3 is 3.08 bits per heavy atom. The molecule has 1 N–H and O–H groups in total. The Labute approximate surface area is 80.2 Å². The zero-order valence-corrected chi connectivity index (χ0v) is 8.43. The fraction of sp³-hybridized carbons (Fsp3) is 0.500. The highest BCUT2D eigenvalue weighted by Gasteiger charge is 2.13. The molecule has 13 heavy (non-hydrogen) atoms. The molecule has 1 nitrogen and oxygen atoms in total. The third kappa shape index (κ3) is 1.69. The molecule has 0 aliphatic carbocycles. The van der Waals surface area contributed by atoms with E-state index in [4.69, 9.17) is 0 Å². The highest BCUT2D eigenvalue weighted by Crippen LogP contribution is 2.31. The van der Waals surface area contributed by atoms with Crippen molar-refractivity contribution < 1.29 is 0 Å². The van der Waals surface area contributed by atoms with Crippen LogP contribution >= 0.6 is 0 Å². The van der Waals surface area contributed by atoms with Gasteiger partial charge in [-0.2, -0.15) is 0 Å². The lowest BCUT2D eigenvalue weighted by atomic mass is 9.95. The van der Waals surface area contributed by atoms with Gasteiger partial charge in [0.2, 0.25) is 0 Å². The normalized spacial score (nSPS) is 21.5. The van der Waals surface area contributed by atoms with Crippen LogP contribution in [0.2, 0.25) is 0 Å². The number of benzene rings is 1. The minimum Gasteiger partial charge on any atom is -0.385 e. The summed E-state index contributed by atoms with van der Waals surface area (Å²) in [4.78, 5) is 0. The van der Waals surface area contributed by atoms with Crippen molar-refractivity contribution in [1.82, 2.24) is 0 Å². The van der Waals surface area contributed by atoms with Crippen molar-refractivity contribution in [1.29, 1.82) is 0 Å². The maximum atomic E-state index is 3.48. The van der Waals surface area contributed by atoms with Crippen molar-refractivity contribution >= 4 is 5.69 Å². The van der Waals surface area contributed by atoms with E-state index in [0.717, 1.165) is 6.54 Å². The van der Waals surface area contributed by atoms with Gasteiger partial charge in [-0.25, -0.2) is 0 Å². The average molecular weight is 175 g/mol. The van der Waals surface area contributed by atoms with Gasteiger partial charge >= 0.3 is 0 Å². The van der Waals surface area contributed by atoms with Crippen molar-refractivity contribution in [3.8, 4) is 0 Å². The first-order valence-corrected chi connectivity index (χ1v) is 5.12. The van der Waals surface area contributed by atoms with E-state index in [1.165, 1.54) is 29.7 Å². The smallest absolute Gasteiger partial charge is 0.0375 e. The van der Waals surface area contributed by atoms with Crippen LogP contribution in [-0.2, 0) is 0 Å². The Morgan fingerprint density at radius 2 is 2.23 bits per heavy atom. The van der Waals surface area contributed by atoms with Crippen LogP contribution in [0.4, 0.5) is 5.69 Å². The van der Waals surface area contributed by atoms with Crippen LogP contribution in [0.3, 0.4) is 0 Å². The van der Waals surface area contributed by atoms with E-state index in [1.54, 1.807) is 0 Å². The van der Waals surface area contributed by atoms with Gasteiger partial charge in [0, 0.05) is 12.2 Å². The van der Waals surface area contributed by atoms with Crippen LogP contribution in [0.15, 0.2) is 18.2 Å². The van der Waals surface area contributed by atoms with Crippen molar-refractivity contribution in [2.24, 2.45) is 0 Å². The molecule has 0 saturated carbocycles. The molecular weight excluding hydrogens is 158 g/mol. The summed E-state index contributed by atoms with van der Waals surface area (Å²) in [6, 6.07) is 6.72. The number of rotatable bonds is 0. The Bertz CT molecular complexity index is 304. The monoisotopic (exact) mass is 175 g/mol. The molecule has 0 spiro atoms. The number of aryl methyl sites for hydroxylation is 1. The summed E-state index contributed by atoms with van der Waals surface area (Å²) in [6.45, 7) is 5.61. The number of nitrogens with one attached hydrogen (secondary N) is 1. The number of hydrogen-bond donors (Lipinski definition) is 1. The van der Waals surface area contributed by atoms with Crippen LogP contribution in [0, 0.1) is 6.92 Å². The van der Waals surface area contributed by atoms with E-state index in [2.05, 4.69) is 37.4 Å². The molecule has 2 rings (SSSR count). The molecule has 1 heteroatoms. The van der Waals surface area contributed by atoms with E-state index >= 15 is 0 Å². The van der Waals surface area contributed by atoms with E-state index in [0.29, 0.717) is 5.92 Å². The van der Waals surface area contributed by atoms with Crippen LogP contribution in [0.1, 0.15) is 36.8 Å². The first-order chi connectivity index (χ1) is 6.27. The third-order valence-corrected chi connectivity index (χ3v) is 2.87. The van der Waals surface area contributed by atoms with Crippen molar-refractivity contribution in [2.45, 2.75) is 32.6 Å². The molecule has 0 saturated heterocycles. The molecule has 1 aromatic carbocycles. The van der Waals surface area contributed by atoms with Crippen LogP contribution in [0.25, 0.3) is 0 Å². The van der Waals surface area contributed by atoms with Crippen molar-refractivity contribution in [2.75, 3.05) is 11.9 Å². The summed E-state index contributed by atoms with van der Waals surface area (Å²) in [5.41, 5.74) is 4.21. The van der Waals surface area contributed by atoms with Crippen molar-refractivity contribution in [3.05, 3.63) is 29.3 Å². The molecule has 0 fully saturated rings. The van der Waals surface area contributed by atoms with E-state index < -0.39 is 0 Å². The van der Waals surface area contributed by atoms with Gasteiger partial charge in [0.05, 0.1) is 0 Å². The quantitative estimate of drug-likeness (QED) is 0.638. The zero-order chi connectivity index (χ0) is 9.26. The van der Waals surface area contributed by atoms with Gasteiger partial charge in [-0.1, -0.05) is 24.6 Å². The molecule has 1 aromatic rings. The highest BCUT2D eigenvalue weighted by atomic mass is 14.9. The lowest BCUT2D eigenvalue weighted by Gasteiger charge is -2.12. The predicted molar refractivity (Wildman–Crippen MR) is 57.3 cm³/mol. The largest absolute Gasteiger partial charge is 0.385 e. The Balaban J connectivity index is 2.43. The zero-order valence-electron chi connectivity index (χ0n) is 8.43. The number of anilines is 1. The average Bonchev–Trinajstić information content (AvgIpc) is 2.29. The van der Waals surface area contributed by atoms with Crippen LogP contribution < -0.4 is 5.32 Å².